The highest BCUT2D eigenvalue weighted by molar-refractivity contribution is 9.10. The fraction of sp³-hybridized carbons (Fsp3) is 0.300. The van der Waals surface area contributed by atoms with Crippen molar-refractivity contribution in [3.63, 3.8) is 0 Å². The van der Waals surface area contributed by atoms with Crippen LogP contribution in [0.2, 0.25) is 0 Å². The van der Waals surface area contributed by atoms with Crippen LogP contribution in [0.25, 0.3) is 17.1 Å². The Morgan fingerprint density at radius 3 is 2.48 bits per heavy atom. The Balaban J connectivity index is 2.03. The van der Waals surface area contributed by atoms with E-state index in [0.29, 0.717) is 23.7 Å². The third-order valence-electron chi connectivity index (χ3n) is 4.99. The summed E-state index contributed by atoms with van der Waals surface area (Å²) < 4.78 is 5.93. The van der Waals surface area contributed by atoms with Gasteiger partial charge in [-0.2, -0.15) is 10.1 Å². The number of halogens is 1. The third-order valence-corrected chi connectivity index (χ3v) is 5.52. The van der Waals surface area contributed by atoms with Gasteiger partial charge in [-0.05, 0) is 36.6 Å². The Hall–Kier alpha value is -2.94. The van der Waals surface area contributed by atoms with Crippen molar-refractivity contribution in [2.75, 3.05) is 0 Å². The molecule has 4 rings (SSSR count). The molecular formula is C20H21BrN6O2. The lowest BCUT2D eigenvalue weighted by atomic mass is 10.2. The number of nitrogens with one attached hydrogen (secondary N) is 1. The third kappa shape index (κ3) is 3.35. The number of hydrogen-bond acceptors (Lipinski definition) is 4. The predicted molar refractivity (Wildman–Crippen MR) is 115 cm³/mol. The lowest BCUT2D eigenvalue weighted by Gasteiger charge is -2.11. The molecule has 0 amide bonds. The second-order valence-electron chi connectivity index (χ2n) is 6.86. The van der Waals surface area contributed by atoms with Crippen molar-refractivity contribution >= 4 is 27.1 Å². The SMILES string of the molecule is CCc1cc(CC)n(-c2nc3c(c(=O)[nH]c(=O)n3C)n2Cc2ccc(Br)cc2)n1. The molecule has 0 aliphatic carbocycles. The van der Waals surface area contributed by atoms with Crippen LogP contribution in [0.4, 0.5) is 0 Å². The molecule has 0 unspecified atom stereocenters. The lowest BCUT2D eigenvalue weighted by Crippen LogP contribution is -2.29. The molecule has 0 aliphatic rings. The fourth-order valence-corrected chi connectivity index (χ4v) is 3.64. The second-order valence-corrected chi connectivity index (χ2v) is 7.78. The van der Waals surface area contributed by atoms with E-state index in [1.807, 2.05) is 41.8 Å². The minimum atomic E-state index is -0.493. The zero-order valence-corrected chi connectivity index (χ0v) is 18.0. The van der Waals surface area contributed by atoms with E-state index in [2.05, 4.69) is 37.9 Å². The van der Waals surface area contributed by atoms with Gasteiger partial charge in [-0.1, -0.05) is 41.9 Å². The van der Waals surface area contributed by atoms with Crippen LogP contribution in [0, 0.1) is 0 Å². The summed E-state index contributed by atoms with van der Waals surface area (Å²) in [5, 5.41) is 4.69. The molecule has 29 heavy (non-hydrogen) atoms. The Morgan fingerprint density at radius 2 is 1.83 bits per heavy atom. The minimum Gasteiger partial charge on any atom is -0.298 e. The molecule has 150 valence electrons. The summed E-state index contributed by atoms with van der Waals surface area (Å²) >= 11 is 3.45. The van der Waals surface area contributed by atoms with Crippen molar-refractivity contribution in [1.29, 1.82) is 0 Å². The van der Waals surface area contributed by atoms with Gasteiger partial charge in [-0.3, -0.25) is 18.9 Å². The second kappa shape index (κ2) is 7.47. The molecule has 9 heteroatoms. The van der Waals surface area contributed by atoms with Gasteiger partial charge in [0.15, 0.2) is 11.2 Å². The van der Waals surface area contributed by atoms with E-state index in [1.54, 1.807) is 11.7 Å². The molecule has 0 radical (unpaired) electrons. The van der Waals surface area contributed by atoms with E-state index in [0.717, 1.165) is 34.3 Å². The molecule has 4 aromatic rings. The largest absolute Gasteiger partial charge is 0.329 e. The van der Waals surface area contributed by atoms with E-state index < -0.39 is 11.2 Å². The Labute approximate surface area is 175 Å². The van der Waals surface area contributed by atoms with Crippen molar-refractivity contribution in [2.45, 2.75) is 33.2 Å². The number of nitrogens with zero attached hydrogens (tertiary/aromatic N) is 5. The Kier molecular flexibility index (Phi) is 4.99. The van der Waals surface area contributed by atoms with Gasteiger partial charge in [-0.25, -0.2) is 9.48 Å². The van der Waals surface area contributed by atoms with Crippen LogP contribution in [0.1, 0.15) is 30.8 Å². The van der Waals surface area contributed by atoms with Gasteiger partial charge in [0.2, 0.25) is 5.95 Å². The number of aromatic amines is 1. The van der Waals surface area contributed by atoms with Crippen LogP contribution in [-0.4, -0.2) is 28.9 Å². The zero-order valence-electron chi connectivity index (χ0n) is 16.4. The fourth-order valence-electron chi connectivity index (χ4n) is 3.38. The molecule has 0 bridgehead atoms. The van der Waals surface area contributed by atoms with Gasteiger partial charge in [0.25, 0.3) is 5.56 Å². The smallest absolute Gasteiger partial charge is 0.298 e. The molecule has 3 aromatic heterocycles. The number of hydrogen-bond donors (Lipinski definition) is 1. The summed E-state index contributed by atoms with van der Waals surface area (Å²) in [5.74, 6) is 0.520. The molecule has 1 N–H and O–H groups in total. The summed E-state index contributed by atoms with van der Waals surface area (Å²) in [6.07, 6.45) is 1.57. The molecular weight excluding hydrogens is 436 g/mol. The van der Waals surface area contributed by atoms with Crippen LogP contribution in [0.5, 0.6) is 0 Å². The van der Waals surface area contributed by atoms with E-state index >= 15 is 0 Å². The van der Waals surface area contributed by atoms with Crippen LogP contribution >= 0.6 is 15.9 Å². The number of aryl methyl sites for hydroxylation is 3. The van der Waals surface area contributed by atoms with Crippen molar-refractivity contribution < 1.29 is 0 Å². The highest BCUT2D eigenvalue weighted by atomic mass is 79.9. The Bertz CT molecular complexity index is 1310. The number of rotatable bonds is 5. The van der Waals surface area contributed by atoms with Crippen molar-refractivity contribution in [3.05, 3.63) is 72.6 Å². The predicted octanol–water partition coefficient (Wildman–Crippen LogP) is 2.54. The van der Waals surface area contributed by atoms with Crippen molar-refractivity contribution in [2.24, 2.45) is 7.05 Å². The highest BCUT2D eigenvalue weighted by Gasteiger charge is 2.21. The summed E-state index contributed by atoms with van der Waals surface area (Å²) in [7, 11) is 1.60. The van der Waals surface area contributed by atoms with E-state index in [9.17, 15) is 9.59 Å². The molecule has 1 aromatic carbocycles. The van der Waals surface area contributed by atoms with Crippen LogP contribution in [0.15, 0.2) is 44.4 Å². The molecule has 0 atom stereocenters. The summed E-state index contributed by atoms with van der Waals surface area (Å²) in [6, 6.07) is 9.92. The van der Waals surface area contributed by atoms with Gasteiger partial charge in [-0.15, -0.1) is 0 Å². The van der Waals surface area contributed by atoms with Gasteiger partial charge >= 0.3 is 5.69 Å². The van der Waals surface area contributed by atoms with Crippen LogP contribution in [0.3, 0.4) is 0 Å². The normalized spacial score (nSPS) is 11.4. The number of aromatic nitrogens is 6. The van der Waals surface area contributed by atoms with Crippen molar-refractivity contribution in [3.8, 4) is 5.95 Å². The first kappa shape index (κ1) is 19.4. The number of benzene rings is 1. The topological polar surface area (TPSA) is 90.5 Å². The lowest BCUT2D eigenvalue weighted by molar-refractivity contribution is 0.687. The summed E-state index contributed by atoms with van der Waals surface area (Å²) in [4.78, 5) is 31.9. The monoisotopic (exact) mass is 456 g/mol. The van der Waals surface area contributed by atoms with Gasteiger partial charge in [0.1, 0.15) is 0 Å². The molecule has 0 fully saturated rings. The van der Waals surface area contributed by atoms with E-state index in [-0.39, 0.29) is 0 Å². The highest BCUT2D eigenvalue weighted by Crippen LogP contribution is 2.20. The Morgan fingerprint density at radius 1 is 1.10 bits per heavy atom. The van der Waals surface area contributed by atoms with Crippen LogP contribution < -0.4 is 11.2 Å². The summed E-state index contributed by atoms with van der Waals surface area (Å²) in [6.45, 7) is 4.52. The number of H-pyrrole nitrogens is 1. The maximum Gasteiger partial charge on any atom is 0.329 e. The first-order chi connectivity index (χ1) is 13.9. The van der Waals surface area contributed by atoms with E-state index in [4.69, 9.17) is 0 Å². The first-order valence-corrected chi connectivity index (χ1v) is 10.2. The molecule has 0 saturated heterocycles. The van der Waals surface area contributed by atoms with Gasteiger partial charge < -0.3 is 0 Å². The summed E-state index contributed by atoms with van der Waals surface area (Å²) in [5.41, 5.74) is 2.68. The number of fused-ring (bicyclic) bond motifs is 1. The maximum absolute atomic E-state index is 12.7. The molecule has 3 heterocycles. The standard InChI is InChI=1S/C20H21BrN6O2/c1-4-14-10-15(5-2)27(24-14)19-22-17-16(18(28)23-20(29)25(17)3)26(19)11-12-6-8-13(21)9-7-12/h6-10H,4-5,11H2,1-3H3,(H,23,28,29). The zero-order chi connectivity index (χ0) is 20.7. The molecule has 8 nitrogen and oxygen atoms in total. The molecule has 0 saturated carbocycles. The molecule has 0 spiro atoms. The quantitative estimate of drug-likeness (QED) is 0.499. The minimum absolute atomic E-state index is 0.335. The van der Waals surface area contributed by atoms with E-state index in [1.165, 1.54) is 4.57 Å². The van der Waals surface area contributed by atoms with Crippen molar-refractivity contribution in [1.82, 2.24) is 28.9 Å². The molecule has 0 aliphatic heterocycles. The number of imidazole rings is 1. The maximum atomic E-state index is 12.7. The first-order valence-electron chi connectivity index (χ1n) is 9.45. The van der Waals surface area contributed by atoms with Crippen LogP contribution in [-0.2, 0) is 26.4 Å². The van der Waals surface area contributed by atoms with Gasteiger partial charge in [0, 0.05) is 17.2 Å². The average Bonchev–Trinajstić information content (AvgIpc) is 3.29. The van der Waals surface area contributed by atoms with Gasteiger partial charge in [0.05, 0.1) is 12.2 Å². The average molecular weight is 457 g/mol.